The van der Waals surface area contributed by atoms with Crippen LogP contribution in [0.1, 0.15) is 30.0 Å². The Balaban J connectivity index is 2.34. The van der Waals surface area contributed by atoms with Crippen LogP contribution in [0, 0.1) is 12.7 Å². The molecule has 0 saturated carbocycles. The number of nitrogens with one attached hydrogen (secondary N) is 1. The number of aryl methyl sites for hydroxylation is 1. The van der Waals surface area contributed by atoms with Crippen LogP contribution in [0.2, 0.25) is 0 Å². The summed E-state index contributed by atoms with van der Waals surface area (Å²) in [6, 6.07) is 2.99. The summed E-state index contributed by atoms with van der Waals surface area (Å²) in [5, 5.41) is 13.6. The first-order chi connectivity index (χ1) is 9.65. The highest BCUT2D eigenvalue weighted by atomic mass is 19.1. The maximum absolute atomic E-state index is 14.2. The number of hydrogen-bond acceptors (Lipinski definition) is 3. The van der Waals surface area contributed by atoms with Crippen LogP contribution in [0.3, 0.4) is 0 Å². The maximum atomic E-state index is 14.2. The van der Waals surface area contributed by atoms with Gasteiger partial charge in [-0.2, -0.15) is 0 Å². The van der Waals surface area contributed by atoms with E-state index in [1.54, 1.807) is 13.0 Å². The second-order valence-corrected chi connectivity index (χ2v) is 5.29. The van der Waals surface area contributed by atoms with Gasteiger partial charge in [-0.1, -0.05) is 12.1 Å². The van der Waals surface area contributed by atoms with Gasteiger partial charge in [-0.05, 0) is 31.4 Å². The second kappa shape index (κ2) is 6.86. The molecular formula is C16H23FN2O. The minimum Gasteiger partial charge on any atom is -0.507 e. The number of nitrogens with zero attached hydrogens (tertiary/aromatic N) is 1. The number of phenols is 1. The van der Waals surface area contributed by atoms with Crippen molar-refractivity contribution in [3.63, 3.8) is 0 Å². The molecule has 0 spiro atoms. The summed E-state index contributed by atoms with van der Waals surface area (Å²) in [5.41, 5.74) is 1.16. The van der Waals surface area contributed by atoms with Crippen molar-refractivity contribution in [1.29, 1.82) is 0 Å². The maximum Gasteiger partial charge on any atom is 0.131 e. The number of benzene rings is 1. The van der Waals surface area contributed by atoms with Crippen molar-refractivity contribution >= 4 is 0 Å². The molecule has 1 saturated heterocycles. The number of halogens is 1. The predicted octanol–water partition coefficient (Wildman–Crippen LogP) is 2.75. The molecule has 0 bridgehead atoms. The molecule has 0 aliphatic carbocycles. The van der Waals surface area contributed by atoms with Crippen molar-refractivity contribution in [3.8, 4) is 5.75 Å². The Bertz CT molecular complexity index is 470. The molecule has 1 aromatic carbocycles. The van der Waals surface area contributed by atoms with E-state index in [9.17, 15) is 9.50 Å². The molecule has 0 aromatic heterocycles. The predicted molar refractivity (Wildman–Crippen MR) is 79.4 cm³/mol. The topological polar surface area (TPSA) is 35.5 Å². The Labute approximate surface area is 120 Å². The van der Waals surface area contributed by atoms with Gasteiger partial charge in [-0.3, -0.25) is 4.90 Å². The van der Waals surface area contributed by atoms with Crippen LogP contribution in [-0.2, 0) is 0 Å². The molecule has 2 rings (SSSR count). The second-order valence-electron chi connectivity index (χ2n) is 5.29. The van der Waals surface area contributed by atoms with Gasteiger partial charge in [0, 0.05) is 37.8 Å². The number of piperazine rings is 1. The number of hydrogen-bond donors (Lipinski definition) is 2. The summed E-state index contributed by atoms with van der Waals surface area (Å²) in [4.78, 5) is 2.25. The fourth-order valence-electron chi connectivity index (χ4n) is 2.79. The molecule has 4 heteroatoms. The van der Waals surface area contributed by atoms with E-state index < -0.39 is 0 Å². The number of rotatable bonds is 5. The van der Waals surface area contributed by atoms with Crippen molar-refractivity contribution in [2.24, 2.45) is 0 Å². The molecule has 0 unspecified atom stereocenters. The van der Waals surface area contributed by atoms with Crippen LogP contribution in [0.5, 0.6) is 5.75 Å². The van der Waals surface area contributed by atoms with Crippen molar-refractivity contribution in [3.05, 3.63) is 41.7 Å². The molecule has 0 radical (unpaired) electrons. The molecule has 3 nitrogen and oxygen atoms in total. The molecular weight excluding hydrogens is 255 g/mol. The quantitative estimate of drug-likeness (QED) is 0.813. The first kappa shape index (κ1) is 15.0. The normalized spacial score (nSPS) is 17.9. The van der Waals surface area contributed by atoms with E-state index in [1.165, 1.54) is 6.07 Å². The Hall–Kier alpha value is -1.39. The largest absolute Gasteiger partial charge is 0.507 e. The van der Waals surface area contributed by atoms with E-state index >= 15 is 0 Å². The van der Waals surface area contributed by atoms with Crippen LogP contribution >= 0.6 is 0 Å². The SMILES string of the molecule is C=CCC[C@@H](c1c(F)ccc(C)c1O)N1CCNCC1. The molecule has 1 fully saturated rings. The molecule has 1 aliphatic heterocycles. The Kier molecular flexibility index (Phi) is 5.15. The first-order valence-corrected chi connectivity index (χ1v) is 7.18. The zero-order valence-corrected chi connectivity index (χ0v) is 12.0. The van der Waals surface area contributed by atoms with Crippen molar-refractivity contribution in [2.45, 2.75) is 25.8 Å². The zero-order valence-electron chi connectivity index (χ0n) is 12.0. The van der Waals surface area contributed by atoms with Gasteiger partial charge >= 0.3 is 0 Å². The summed E-state index contributed by atoms with van der Waals surface area (Å²) in [6.45, 7) is 9.10. The lowest BCUT2D eigenvalue weighted by atomic mass is 9.96. The lowest BCUT2D eigenvalue weighted by Gasteiger charge is -2.35. The van der Waals surface area contributed by atoms with Crippen molar-refractivity contribution in [2.75, 3.05) is 26.2 Å². The fourth-order valence-corrected chi connectivity index (χ4v) is 2.79. The average molecular weight is 278 g/mol. The number of allylic oxidation sites excluding steroid dienone is 1. The van der Waals surface area contributed by atoms with Crippen LogP contribution in [0.4, 0.5) is 4.39 Å². The van der Waals surface area contributed by atoms with Gasteiger partial charge < -0.3 is 10.4 Å². The highest BCUT2D eigenvalue weighted by Crippen LogP contribution is 2.36. The smallest absolute Gasteiger partial charge is 0.131 e. The van der Waals surface area contributed by atoms with E-state index in [1.807, 2.05) is 6.08 Å². The standard InChI is InChI=1S/C16H23FN2O/c1-3-4-5-14(19-10-8-18-9-11-19)15-13(17)7-6-12(2)16(15)20/h3,6-7,14,18,20H,1,4-5,8-11H2,2H3/t14-/m0/s1. The third-order valence-electron chi connectivity index (χ3n) is 3.94. The summed E-state index contributed by atoms with van der Waals surface area (Å²) in [5.74, 6) is -0.224. The number of phenolic OH excluding ortho intramolecular Hbond substituents is 1. The monoisotopic (exact) mass is 278 g/mol. The van der Waals surface area contributed by atoms with Crippen molar-refractivity contribution < 1.29 is 9.50 Å². The molecule has 1 atom stereocenters. The highest BCUT2D eigenvalue weighted by molar-refractivity contribution is 5.42. The lowest BCUT2D eigenvalue weighted by Crippen LogP contribution is -2.45. The molecule has 0 amide bonds. The average Bonchev–Trinajstić information content (AvgIpc) is 2.47. The Morgan fingerprint density at radius 3 is 2.80 bits per heavy atom. The van der Waals surface area contributed by atoms with E-state index in [-0.39, 0.29) is 17.6 Å². The van der Waals surface area contributed by atoms with E-state index in [0.29, 0.717) is 5.56 Å². The minimum atomic E-state index is -0.319. The lowest BCUT2D eigenvalue weighted by molar-refractivity contribution is 0.160. The van der Waals surface area contributed by atoms with Crippen LogP contribution in [0.15, 0.2) is 24.8 Å². The zero-order chi connectivity index (χ0) is 14.5. The van der Waals surface area contributed by atoms with Crippen molar-refractivity contribution in [1.82, 2.24) is 10.2 Å². The van der Waals surface area contributed by atoms with E-state index in [0.717, 1.165) is 44.6 Å². The first-order valence-electron chi connectivity index (χ1n) is 7.18. The molecule has 1 aromatic rings. The molecule has 1 aliphatic rings. The van der Waals surface area contributed by atoms with Gasteiger partial charge in [0.1, 0.15) is 11.6 Å². The van der Waals surface area contributed by atoms with Crippen LogP contribution in [0.25, 0.3) is 0 Å². The van der Waals surface area contributed by atoms with Gasteiger partial charge in [-0.25, -0.2) is 4.39 Å². The Morgan fingerprint density at radius 1 is 1.45 bits per heavy atom. The Morgan fingerprint density at radius 2 is 2.15 bits per heavy atom. The summed E-state index contributed by atoms with van der Waals surface area (Å²) in [6.07, 6.45) is 3.43. The molecule has 20 heavy (non-hydrogen) atoms. The number of aromatic hydroxyl groups is 1. The third-order valence-corrected chi connectivity index (χ3v) is 3.94. The summed E-state index contributed by atoms with van der Waals surface area (Å²) in [7, 11) is 0. The van der Waals surface area contributed by atoms with Crippen LogP contribution in [-0.4, -0.2) is 36.2 Å². The van der Waals surface area contributed by atoms with E-state index in [2.05, 4.69) is 16.8 Å². The molecule has 2 N–H and O–H groups in total. The summed E-state index contributed by atoms with van der Waals surface area (Å²) < 4.78 is 14.2. The van der Waals surface area contributed by atoms with Gasteiger partial charge in [0.15, 0.2) is 0 Å². The summed E-state index contributed by atoms with van der Waals surface area (Å²) >= 11 is 0. The minimum absolute atomic E-state index is 0.0880. The van der Waals surface area contributed by atoms with Gasteiger partial charge in [0.2, 0.25) is 0 Å². The van der Waals surface area contributed by atoms with Gasteiger partial charge in [0.25, 0.3) is 0 Å². The molecule has 1 heterocycles. The highest BCUT2D eigenvalue weighted by Gasteiger charge is 2.27. The molecule has 110 valence electrons. The van der Waals surface area contributed by atoms with E-state index in [4.69, 9.17) is 0 Å². The fraction of sp³-hybridized carbons (Fsp3) is 0.500. The van der Waals surface area contributed by atoms with Gasteiger partial charge in [-0.15, -0.1) is 6.58 Å². The third kappa shape index (κ3) is 3.19. The van der Waals surface area contributed by atoms with Crippen LogP contribution < -0.4 is 5.32 Å². The van der Waals surface area contributed by atoms with Gasteiger partial charge in [0.05, 0.1) is 0 Å².